The van der Waals surface area contributed by atoms with Gasteiger partial charge in [0.05, 0.1) is 0 Å². The molecule has 0 fully saturated rings. The largest absolute Gasteiger partial charge is 0.507 e. The molecule has 178 valence electrons. The highest BCUT2D eigenvalue weighted by Gasteiger charge is 2.17. The normalized spacial score (nSPS) is 12.1. The standard InChI is InChI=1S/C33H29O2P/c34-32(27-16-8-3-9-17-27)29-18-10-11-19-30(29)36-31-23-26(20-24-12-4-1-5-13-24)22-28(33(31)35)21-25-14-6-2-7-15-25/h1-19,22-23,32,34-36H,20-21H2. The van der Waals surface area contributed by atoms with Crippen LogP contribution in [-0.2, 0) is 12.8 Å². The summed E-state index contributed by atoms with van der Waals surface area (Å²) in [5.41, 5.74) is 6.25. The Morgan fingerprint density at radius 3 is 1.78 bits per heavy atom. The van der Waals surface area contributed by atoms with E-state index in [2.05, 4.69) is 54.6 Å². The summed E-state index contributed by atoms with van der Waals surface area (Å²) in [6.07, 6.45) is 0.753. The third-order valence-electron chi connectivity index (χ3n) is 6.38. The fourth-order valence-electron chi connectivity index (χ4n) is 4.55. The van der Waals surface area contributed by atoms with Crippen LogP contribution in [0.1, 0.15) is 39.5 Å². The summed E-state index contributed by atoms with van der Waals surface area (Å²) in [6.45, 7) is 0. The van der Waals surface area contributed by atoms with Gasteiger partial charge in [-0.15, -0.1) is 0 Å². The fraction of sp³-hybridized carbons (Fsp3) is 0.0909. The lowest BCUT2D eigenvalue weighted by atomic mass is 9.98. The van der Waals surface area contributed by atoms with Crippen molar-refractivity contribution in [2.24, 2.45) is 0 Å². The fourth-order valence-corrected chi connectivity index (χ4v) is 5.92. The highest BCUT2D eigenvalue weighted by atomic mass is 31.1. The molecule has 2 N–H and O–H groups in total. The quantitative estimate of drug-likeness (QED) is 0.252. The second-order valence-corrected chi connectivity index (χ2v) is 10.3. The van der Waals surface area contributed by atoms with Crippen LogP contribution in [0.5, 0.6) is 5.75 Å². The maximum Gasteiger partial charge on any atom is 0.126 e. The first-order chi connectivity index (χ1) is 17.7. The first-order valence-electron chi connectivity index (χ1n) is 12.2. The van der Waals surface area contributed by atoms with Crippen molar-refractivity contribution >= 4 is 19.2 Å². The van der Waals surface area contributed by atoms with Gasteiger partial charge in [0.1, 0.15) is 11.9 Å². The summed E-state index contributed by atoms with van der Waals surface area (Å²) in [6, 6.07) is 42.7. The monoisotopic (exact) mass is 488 g/mol. The predicted octanol–water partition coefficient (Wildman–Crippen LogP) is 6.28. The molecule has 0 heterocycles. The van der Waals surface area contributed by atoms with E-state index >= 15 is 0 Å². The smallest absolute Gasteiger partial charge is 0.126 e. The minimum atomic E-state index is -0.715. The molecular formula is C33H29O2P. The van der Waals surface area contributed by atoms with E-state index in [1.807, 2.05) is 72.8 Å². The molecule has 5 rings (SSSR count). The van der Waals surface area contributed by atoms with Gasteiger partial charge in [-0.05, 0) is 51.2 Å². The SMILES string of the molecule is Oc1c(Cc2ccccc2)cc(Cc2ccccc2)cc1Pc1ccccc1C(O)c1ccccc1. The number of aliphatic hydroxyl groups excluding tert-OH is 1. The summed E-state index contributed by atoms with van der Waals surface area (Å²) in [4.78, 5) is 0. The zero-order chi connectivity index (χ0) is 24.7. The zero-order valence-corrected chi connectivity index (χ0v) is 21.0. The van der Waals surface area contributed by atoms with Crippen molar-refractivity contribution in [2.45, 2.75) is 18.9 Å². The number of phenols is 1. The van der Waals surface area contributed by atoms with Gasteiger partial charge in [-0.2, -0.15) is 0 Å². The zero-order valence-electron chi connectivity index (χ0n) is 20.0. The van der Waals surface area contributed by atoms with Crippen LogP contribution in [0.3, 0.4) is 0 Å². The number of hydrogen-bond acceptors (Lipinski definition) is 2. The van der Waals surface area contributed by atoms with Crippen LogP contribution in [0, 0.1) is 0 Å². The first kappa shape index (κ1) is 24.0. The second-order valence-electron chi connectivity index (χ2n) is 9.00. The van der Waals surface area contributed by atoms with Crippen LogP contribution in [0.15, 0.2) is 127 Å². The second kappa shape index (κ2) is 11.4. The van der Waals surface area contributed by atoms with Crippen LogP contribution in [0.2, 0.25) is 0 Å². The third-order valence-corrected chi connectivity index (χ3v) is 7.75. The van der Waals surface area contributed by atoms with Crippen molar-refractivity contribution in [2.75, 3.05) is 0 Å². The average molecular weight is 489 g/mol. The molecule has 0 bridgehead atoms. The van der Waals surface area contributed by atoms with Crippen LogP contribution >= 0.6 is 8.58 Å². The van der Waals surface area contributed by atoms with Gasteiger partial charge in [-0.25, -0.2) is 0 Å². The van der Waals surface area contributed by atoms with Gasteiger partial charge in [-0.1, -0.05) is 130 Å². The van der Waals surface area contributed by atoms with E-state index < -0.39 is 6.10 Å². The Labute approximate surface area is 214 Å². The minimum absolute atomic E-state index is 0.216. The Morgan fingerprint density at radius 2 is 1.11 bits per heavy atom. The van der Waals surface area contributed by atoms with Gasteiger partial charge in [0.2, 0.25) is 0 Å². The van der Waals surface area contributed by atoms with Crippen molar-refractivity contribution in [3.05, 3.63) is 161 Å². The van der Waals surface area contributed by atoms with Crippen molar-refractivity contribution in [3.63, 3.8) is 0 Å². The molecule has 0 aliphatic carbocycles. The van der Waals surface area contributed by atoms with Gasteiger partial charge in [0.25, 0.3) is 0 Å². The molecule has 0 spiro atoms. The maximum atomic E-state index is 11.4. The Morgan fingerprint density at radius 1 is 0.556 bits per heavy atom. The van der Waals surface area contributed by atoms with Crippen molar-refractivity contribution in [1.82, 2.24) is 0 Å². The molecule has 2 unspecified atom stereocenters. The van der Waals surface area contributed by atoms with Crippen LogP contribution in [0.25, 0.3) is 0 Å². The molecule has 0 saturated heterocycles. The molecule has 0 aliphatic rings. The van der Waals surface area contributed by atoms with Crippen molar-refractivity contribution < 1.29 is 10.2 Å². The number of rotatable bonds is 8. The molecule has 5 aromatic carbocycles. The lowest BCUT2D eigenvalue weighted by Crippen LogP contribution is -2.15. The molecule has 0 aromatic heterocycles. The molecule has 0 amide bonds. The maximum absolute atomic E-state index is 11.4. The molecular weight excluding hydrogens is 459 g/mol. The molecule has 2 nitrogen and oxygen atoms in total. The predicted molar refractivity (Wildman–Crippen MR) is 151 cm³/mol. The number of hydrogen-bond donors (Lipinski definition) is 2. The molecule has 36 heavy (non-hydrogen) atoms. The van der Waals surface area contributed by atoms with Gasteiger partial charge in [-0.3, -0.25) is 0 Å². The summed E-state index contributed by atoms with van der Waals surface area (Å²) < 4.78 is 0. The van der Waals surface area contributed by atoms with Gasteiger partial charge >= 0.3 is 0 Å². The summed E-state index contributed by atoms with van der Waals surface area (Å²) >= 11 is 0. The Balaban J connectivity index is 1.53. The minimum Gasteiger partial charge on any atom is -0.507 e. The molecule has 0 radical (unpaired) electrons. The Hall–Kier alpha value is -3.71. The lowest BCUT2D eigenvalue weighted by Gasteiger charge is -2.18. The van der Waals surface area contributed by atoms with Crippen LogP contribution < -0.4 is 10.6 Å². The van der Waals surface area contributed by atoms with E-state index in [0.717, 1.165) is 33.7 Å². The summed E-state index contributed by atoms with van der Waals surface area (Å²) in [5, 5.41) is 24.5. The Bertz CT molecular complexity index is 1420. The van der Waals surface area contributed by atoms with E-state index in [9.17, 15) is 10.2 Å². The van der Waals surface area contributed by atoms with Gasteiger partial charge in [0.15, 0.2) is 0 Å². The van der Waals surface area contributed by atoms with E-state index in [1.54, 1.807) is 0 Å². The van der Waals surface area contributed by atoms with Crippen molar-refractivity contribution in [1.29, 1.82) is 0 Å². The Kier molecular flexibility index (Phi) is 7.57. The number of benzene rings is 5. The van der Waals surface area contributed by atoms with Crippen molar-refractivity contribution in [3.8, 4) is 5.75 Å². The van der Waals surface area contributed by atoms with E-state index in [0.29, 0.717) is 12.2 Å². The average Bonchev–Trinajstić information content (AvgIpc) is 2.93. The molecule has 0 saturated carbocycles. The third kappa shape index (κ3) is 5.74. The topological polar surface area (TPSA) is 40.5 Å². The van der Waals surface area contributed by atoms with E-state index in [-0.39, 0.29) is 8.58 Å². The van der Waals surface area contributed by atoms with E-state index in [4.69, 9.17) is 0 Å². The number of aromatic hydroxyl groups is 1. The van der Waals surface area contributed by atoms with Gasteiger partial charge < -0.3 is 10.2 Å². The highest BCUT2D eigenvalue weighted by Crippen LogP contribution is 2.30. The molecule has 0 aliphatic heterocycles. The van der Waals surface area contributed by atoms with Crippen LogP contribution in [0.4, 0.5) is 0 Å². The van der Waals surface area contributed by atoms with E-state index in [1.165, 1.54) is 16.7 Å². The number of aliphatic hydroxyl groups is 1. The first-order valence-corrected chi connectivity index (χ1v) is 13.2. The highest BCUT2D eigenvalue weighted by molar-refractivity contribution is 7.55. The molecule has 2 atom stereocenters. The summed E-state index contributed by atoms with van der Waals surface area (Å²) in [5.74, 6) is 0.345. The van der Waals surface area contributed by atoms with Gasteiger partial charge in [0, 0.05) is 11.7 Å². The summed E-state index contributed by atoms with van der Waals surface area (Å²) in [7, 11) is 0.216. The van der Waals surface area contributed by atoms with Crippen LogP contribution in [-0.4, -0.2) is 10.2 Å². The molecule has 3 heteroatoms. The number of phenolic OH excluding ortho intramolecular Hbond substituents is 1. The lowest BCUT2D eigenvalue weighted by molar-refractivity contribution is 0.221. The molecule has 5 aromatic rings.